The van der Waals surface area contributed by atoms with Crippen LogP contribution in [-0.2, 0) is 0 Å². The number of aromatic nitrogens is 2. The molecule has 2 rings (SSSR count). The molecule has 0 N–H and O–H groups in total. The number of aryl methyl sites for hydroxylation is 2. The minimum absolute atomic E-state index is 0.881. The summed E-state index contributed by atoms with van der Waals surface area (Å²) in [5.41, 5.74) is 4.27. The first-order valence-electron chi connectivity index (χ1n) is 4.82. The van der Waals surface area contributed by atoms with Crippen LogP contribution in [0.5, 0.6) is 0 Å². The Morgan fingerprint density at radius 3 is 2.31 bits per heavy atom. The van der Waals surface area contributed by atoms with Gasteiger partial charge in [-0.15, -0.1) is 0 Å². The average molecular weight is 342 g/mol. The topological polar surface area (TPSA) is 25.8 Å². The molecule has 0 aliphatic carbocycles. The molecule has 0 radical (unpaired) electrons. The molecule has 2 nitrogen and oxygen atoms in total. The lowest BCUT2D eigenvalue weighted by molar-refractivity contribution is 1.19. The Morgan fingerprint density at radius 2 is 1.69 bits per heavy atom. The van der Waals surface area contributed by atoms with E-state index in [2.05, 4.69) is 54.0 Å². The summed E-state index contributed by atoms with van der Waals surface area (Å²) in [5.74, 6) is 0. The Labute approximate surface area is 111 Å². The van der Waals surface area contributed by atoms with Gasteiger partial charge in [-0.25, -0.2) is 4.98 Å². The van der Waals surface area contributed by atoms with Gasteiger partial charge in [0.2, 0.25) is 0 Å². The van der Waals surface area contributed by atoms with Gasteiger partial charge in [-0.3, -0.25) is 4.98 Å². The molecule has 2 aromatic heterocycles. The lowest BCUT2D eigenvalue weighted by atomic mass is 10.1. The molecule has 2 heterocycles. The van der Waals surface area contributed by atoms with Gasteiger partial charge in [0.25, 0.3) is 0 Å². The van der Waals surface area contributed by atoms with Crippen molar-refractivity contribution in [3.63, 3.8) is 0 Å². The van der Waals surface area contributed by atoms with E-state index in [9.17, 15) is 0 Å². The maximum atomic E-state index is 4.42. The maximum absolute atomic E-state index is 4.42. The van der Waals surface area contributed by atoms with Crippen LogP contribution in [0, 0.1) is 13.8 Å². The summed E-state index contributed by atoms with van der Waals surface area (Å²) in [7, 11) is 0. The Balaban J connectivity index is 2.54. The lowest BCUT2D eigenvalue weighted by Gasteiger charge is -2.06. The SMILES string of the molecule is Cc1cc(-c2ncc(Br)cc2C)cnc1Br. The quantitative estimate of drug-likeness (QED) is 0.723. The number of hydrogen-bond acceptors (Lipinski definition) is 2. The minimum atomic E-state index is 0.881. The van der Waals surface area contributed by atoms with E-state index in [1.165, 1.54) is 0 Å². The molecular formula is C12H10Br2N2. The zero-order valence-corrected chi connectivity index (χ0v) is 12.1. The first-order chi connectivity index (χ1) is 7.58. The second-order valence-electron chi connectivity index (χ2n) is 3.65. The molecule has 0 aromatic carbocycles. The molecule has 0 unspecified atom stereocenters. The first-order valence-corrected chi connectivity index (χ1v) is 6.41. The van der Waals surface area contributed by atoms with Crippen molar-refractivity contribution in [1.29, 1.82) is 0 Å². The summed E-state index contributed by atoms with van der Waals surface area (Å²) in [6.45, 7) is 4.07. The summed E-state index contributed by atoms with van der Waals surface area (Å²) in [5, 5.41) is 0. The van der Waals surface area contributed by atoms with Crippen LogP contribution in [0.2, 0.25) is 0 Å². The predicted molar refractivity (Wildman–Crippen MR) is 72.3 cm³/mol. The number of halogens is 2. The highest BCUT2D eigenvalue weighted by atomic mass is 79.9. The fraction of sp³-hybridized carbons (Fsp3) is 0.167. The van der Waals surface area contributed by atoms with Crippen molar-refractivity contribution in [1.82, 2.24) is 9.97 Å². The van der Waals surface area contributed by atoms with Gasteiger partial charge in [0.1, 0.15) is 4.60 Å². The number of hydrogen-bond donors (Lipinski definition) is 0. The molecule has 2 aromatic rings. The molecule has 0 atom stereocenters. The molecule has 0 aliphatic rings. The third-order valence-corrected chi connectivity index (χ3v) is 3.60. The average Bonchev–Trinajstić information content (AvgIpc) is 2.22. The molecule has 16 heavy (non-hydrogen) atoms. The molecule has 4 heteroatoms. The lowest BCUT2D eigenvalue weighted by Crippen LogP contribution is -1.91. The van der Waals surface area contributed by atoms with Crippen molar-refractivity contribution >= 4 is 31.9 Å². The second kappa shape index (κ2) is 4.63. The second-order valence-corrected chi connectivity index (χ2v) is 5.32. The van der Waals surface area contributed by atoms with Crippen LogP contribution in [0.1, 0.15) is 11.1 Å². The van der Waals surface area contributed by atoms with E-state index in [0.717, 1.165) is 31.5 Å². The summed E-state index contributed by atoms with van der Waals surface area (Å²) in [6.07, 6.45) is 3.64. The van der Waals surface area contributed by atoms with Gasteiger partial charge in [-0.05, 0) is 69.0 Å². The molecule has 0 saturated carbocycles. The monoisotopic (exact) mass is 340 g/mol. The third-order valence-electron chi connectivity index (χ3n) is 2.33. The molecule has 82 valence electrons. The molecule has 0 saturated heterocycles. The molecule has 0 amide bonds. The first kappa shape index (κ1) is 11.7. The minimum Gasteiger partial charge on any atom is -0.255 e. The number of nitrogens with zero attached hydrogens (tertiary/aromatic N) is 2. The smallest absolute Gasteiger partial charge is 0.109 e. The highest BCUT2D eigenvalue weighted by molar-refractivity contribution is 9.10. The van der Waals surface area contributed by atoms with Crippen molar-refractivity contribution in [2.45, 2.75) is 13.8 Å². The van der Waals surface area contributed by atoms with E-state index < -0.39 is 0 Å². The van der Waals surface area contributed by atoms with Crippen molar-refractivity contribution in [2.75, 3.05) is 0 Å². The molecule has 0 fully saturated rings. The molecular weight excluding hydrogens is 332 g/mol. The van der Waals surface area contributed by atoms with Gasteiger partial charge in [-0.2, -0.15) is 0 Å². The van der Waals surface area contributed by atoms with Crippen LogP contribution in [0.4, 0.5) is 0 Å². The number of rotatable bonds is 1. The van der Waals surface area contributed by atoms with E-state index in [0.29, 0.717) is 0 Å². The van der Waals surface area contributed by atoms with Crippen molar-refractivity contribution < 1.29 is 0 Å². The van der Waals surface area contributed by atoms with Gasteiger partial charge < -0.3 is 0 Å². The van der Waals surface area contributed by atoms with E-state index in [-0.39, 0.29) is 0 Å². The summed E-state index contributed by atoms with van der Waals surface area (Å²) >= 11 is 6.80. The standard InChI is InChI=1S/C12H10Br2N2/c1-7-4-10(13)6-15-11(7)9-3-8(2)12(14)16-5-9/h3-6H,1-2H3. The summed E-state index contributed by atoms with van der Waals surface area (Å²) in [6, 6.07) is 4.14. The van der Waals surface area contributed by atoms with Crippen molar-refractivity contribution in [3.8, 4) is 11.3 Å². The highest BCUT2D eigenvalue weighted by Crippen LogP contribution is 2.25. The Kier molecular flexibility index (Phi) is 3.40. The van der Waals surface area contributed by atoms with Crippen LogP contribution in [0.25, 0.3) is 11.3 Å². The van der Waals surface area contributed by atoms with E-state index >= 15 is 0 Å². The Morgan fingerprint density at radius 1 is 0.938 bits per heavy atom. The van der Waals surface area contributed by atoms with Crippen LogP contribution >= 0.6 is 31.9 Å². The fourth-order valence-corrected chi connectivity index (χ4v) is 2.19. The van der Waals surface area contributed by atoms with Crippen LogP contribution < -0.4 is 0 Å². The van der Waals surface area contributed by atoms with E-state index in [1.54, 1.807) is 6.20 Å². The third kappa shape index (κ3) is 2.33. The van der Waals surface area contributed by atoms with Gasteiger partial charge in [0, 0.05) is 22.4 Å². The van der Waals surface area contributed by atoms with Crippen LogP contribution in [0.15, 0.2) is 33.6 Å². The van der Waals surface area contributed by atoms with E-state index in [4.69, 9.17) is 0 Å². The van der Waals surface area contributed by atoms with Gasteiger partial charge >= 0.3 is 0 Å². The normalized spacial score (nSPS) is 10.5. The largest absolute Gasteiger partial charge is 0.255 e. The summed E-state index contributed by atoms with van der Waals surface area (Å²) in [4.78, 5) is 8.70. The Bertz CT molecular complexity index is 539. The van der Waals surface area contributed by atoms with Crippen LogP contribution in [-0.4, -0.2) is 9.97 Å². The van der Waals surface area contributed by atoms with Crippen LogP contribution in [0.3, 0.4) is 0 Å². The zero-order chi connectivity index (χ0) is 11.7. The van der Waals surface area contributed by atoms with Gasteiger partial charge in [0.15, 0.2) is 0 Å². The molecule has 0 spiro atoms. The van der Waals surface area contributed by atoms with E-state index in [1.807, 2.05) is 20.0 Å². The van der Waals surface area contributed by atoms with Crippen molar-refractivity contribution in [2.24, 2.45) is 0 Å². The molecule has 0 aliphatic heterocycles. The van der Waals surface area contributed by atoms with Crippen molar-refractivity contribution in [3.05, 3.63) is 44.7 Å². The molecule has 0 bridgehead atoms. The summed E-state index contributed by atoms with van der Waals surface area (Å²) < 4.78 is 1.88. The fourth-order valence-electron chi connectivity index (χ4n) is 1.53. The number of pyridine rings is 2. The highest BCUT2D eigenvalue weighted by Gasteiger charge is 2.06. The van der Waals surface area contributed by atoms with Gasteiger partial charge in [0.05, 0.1) is 5.69 Å². The predicted octanol–water partition coefficient (Wildman–Crippen LogP) is 4.29. The zero-order valence-electron chi connectivity index (χ0n) is 8.96. The van der Waals surface area contributed by atoms with Gasteiger partial charge in [-0.1, -0.05) is 0 Å². The Hall–Kier alpha value is -0.740. The maximum Gasteiger partial charge on any atom is 0.109 e.